The first-order valence-electron chi connectivity index (χ1n) is 7.01. The maximum atomic E-state index is 12.6. The Balaban J connectivity index is 2.23. The molecule has 0 radical (unpaired) electrons. The number of hydrogen-bond acceptors (Lipinski definition) is 4. The molecule has 0 N–H and O–H groups in total. The van der Waals surface area contributed by atoms with Gasteiger partial charge in [0.15, 0.2) is 0 Å². The molecule has 2 aromatic carbocycles. The van der Waals surface area contributed by atoms with Gasteiger partial charge in [-0.15, -0.1) is 0 Å². The van der Waals surface area contributed by atoms with Crippen molar-refractivity contribution in [3.63, 3.8) is 0 Å². The second-order valence-electron chi connectivity index (χ2n) is 5.04. The van der Waals surface area contributed by atoms with Gasteiger partial charge in [-0.05, 0) is 0 Å². The fourth-order valence-electron chi connectivity index (χ4n) is 1.99. The van der Waals surface area contributed by atoms with Gasteiger partial charge >= 0.3 is 143 Å². The van der Waals surface area contributed by atoms with Crippen LogP contribution < -0.4 is 4.46 Å². The number of methoxy groups -OCH3 is 1. The summed E-state index contributed by atoms with van der Waals surface area (Å²) in [5, 5.41) is 0. The molecule has 0 amide bonds. The summed E-state index contributed by atoms with van der Waals surface area (Å²) in [6.07, 6.45) is 0. The summed E-state index contributed by atoms with van der Waals surface area (Å²) < 4.78 is 30.9. The Hall–Kier alpha value is -1.62. The topological polar surface area (TPSA) is 60.4 Å². The van der Waals surface area contributed by atoms with E-state index in [-0.39, 0.29) is 25.6 Å². The number of aryl methyl sites for hydroxylation is 1. The standard InChI is InChI=1S/C17H18O4SSe/c1-13-8-10-14(11-9-13)22(19,20)12-16(17(18)21-2)23-15-6-4-3-5-7-15/h3-11,16H,12H2,1-2H3. The van der Waals surface area contributed by atoms with Crippen molar-refractivity contribution in [3.05, 3.63) is 60.2 Å². The number of hydrogen-bond donors (Lipinski definition) is 0. The molecule has 2 aromatic rings. The summed E-state index contributed by atoms with van der Waals surface area (Å²) in [5.74, 6) is -0.720. The first-order chi connectivity index (χ1) is 10.9. The minimum absolute atomic E-state index is 0.237. The summed E-state index contributed by atoms with van der Waals surface area (Å²) in [6, 6.07) is 16.1. The molecule has 6 heteroatoms. The van der Waals surface area contributed by atoms with Crippen molar-refractivity contribution >= 4 is 35.2 Å². The zero-order valence-corrected chi connectivity index (χ0v) is 15.5. The predicted molar refractivity (Wildman–Crippen MR) is 90.8 cm³/mol. The van der Waals surface area contributed by atoms with Crippen molar-refractivity contribution in [2.45, 2.75) is 16.6 Å². The van der Waals surface area contributed by atoms with Gasteiger partial charge in [0.2, 0.25) is 0 Å². The normalized spacial score (nSPS) is 12.6. The fraction of sp³-hybridized carbons (Fsp3) is 0.235. The van der Waals surface area contributed by atoms with E-state index in [9.17, 15) is 13.2 Å². The number of carbonyl (C=O) groups excluding carboxylic acids is 1. The molecular formula is C17H18O4SSe. The average molecular weight is 397 g/mol. The van der Waals surface area contributed by atoms with E-state index < -0.39 is 20.6 Å². The number of carbonyl (C=O) groups is 1. The average Bonchev–Trinajstić information content (AvgIpc) is 2.54. The van der Waals surface area contributed by atoms with Gasteiger partial charge in [0.05, 0.1) is 0 Å². The molecule has 23 heavy (non-hydrogen) atoms. The summed E-state index contributed by atoms with van der Waals surface area (Å²) in [5.41, 5.74) is 0.988. The Kier molecular flexibility index (Phi) is 5.99. The van der Waals surface area contributed by atoms with Crippen LogP contribution in [0, 0.1) is 6.92 Å². The summed E-state index contributed by atoms with van der Waals surface area (Å²) >= 11 is -0.313. The molecule has 0 aliphatic heterocycles. The van der Waals surface area contributed by atoms with E-state index in [0.29, 0.717) is 0 Å². The van der Waals surface area contributed by atoms with Crippen molar-refractivity contribution in [2.75, 3.05) is 12.9 Å². The molecule has 0 aliphatic carbocycles. The van der Waals surface area contributed by atoms with Crippen LogP contribution in [-0.4, -0.2) is 42.2 Å². The Morgan fingerprint density at radius 3 is 2.26 bits per heavy atom. The molecule has 0 fully saturated rings. The second-order valence-corrected chi connectivity index (χ2v) is 9.75. The Morgan fingerprint density at radius 1 is 1.09 bits per heavy atom. The minimum atomic E-state index is -3.54. The third-order valence-electron chi connectivity index (χ3n) is 3.24. The van der Waals surface area contributed by atoms with E-state index in [2.05, 4.69) is 0 Å². The van der Waals surface area contributed by atoms with Gasteiger partial charge in [0.25, 0.3) is 0 Å². The molecule has 4 nitrogen and oxygen atoms in total. The Bertz CT molecular complexity index is 755. The first-order valence-corrected chi connectivity index (χ1v) is 10.5. The van der Waals surface area contributed by atoms with E-state index in [1.807, 2.05) is 37.3 Å². The van der Waals surface area contributed by atoms with Crippen molar-refractivity contribution in [2.24, 2.45) is 0 Å². The number of esters is 1. The van der Waals surface area contributed by atoms with Gasteiger partial charge in [-0.3, -0.25) is 0 Å². The van der Waals surface area contributed by atoms with Crippen LogP contribution in [0.2, 0.25) is 4.82 Å². The molecule has 0 saturated heterocycles. The SMILES string of the molecule is COC(=O)C(CS(=O)(=O)c1ccc(C)cc1)[Se]c1ccccc1. The van der Waals surface area contributed by atoms with E-state index in [1.165, 1.54) is 7.11 Å². The van der Waals surface area contributed by atoms with Gasteiger partial charge in [0.1, 0.15) is 0 Å². The molecule has 1 unspecified atom stereocenters. The fourth-order valence-corrected chi connectivity index (χ4v) is 6.64. The van der Waals surface area contributed by atoms with Crippen molar-refractivity contribution < 1.29 is 17.9 Å². The number of ether oxygens (including phenoxy) is 1. The molecule has 0 aliphatic rings. The molecule has 0 spiro atoms. The van der Waals surface area contributed by atoms with Crippen molar-refractivity contribution in [1.82, 2.24) is 0 Å². The van der Waals surface area contributed by atoms with Crippen molar-refractivity contribution in [3.8, 4) is 0 Å². The molecule has 0 saturated carbocycles. The second kappa shape index (κ2) is 7.77. The maximum absolute atomic E-state index is 12.6. The summed E-state index contributed by atoms with van der Waals surface area (Å²) in [4.78, 5) is 11.6. The molecule has 1 atom stereocenters. The number of benzene rings is 2. The van der Waals surface area contributed by atoms with E-state index in [0.717, 1.165) is 10.0 Å². The van der Waals surface area contributed by atoms with E-state index in [4.69, 9.17) is 4.74 Å². The number of sulfone groups is 1. The van der Waals surface area contributed by atoms with Crippen molar-refractivity contribution in [1.29, 1.82) is 0 Å². The third-order valence-corrected chi connectivity index (χ3v) is 7.97. The molecule has 2 rings (SSSR count). The van der Waals surface area contributed by atoms with Crippen LogP contribution in [0.3, 0.4) is 0 Å². The van der Waals surface area contributed by atoms with Gasteiger partial charge in [0, 0.05) is 0 Å². The van der Waals surface area contributed by atoms with Crippen LogP contribution >= 0.6 is 0 Å². The number of rotatable bonds is 6. The van der Waals surface area contributed by atoms with Gasteiger partial charge in [-0.2, -0.15) is 0 Å². The molecule has 0 aromatic heterocycles. The van der Waals surface area contributed by atoms with Crippen LogP contribution in [0.5, 0.6) is 0 Å². The van der Waals surface area contributed by atoms with Crippen LogP contribution in [0.15, 0.2) is 59.5 Å². The zero-order chi connectivity index (χ0) is 16.9. The monoisotopic (exact) mass is 398 g/mol. The van der Waals surface area contributed by atoms with E-state index >= 15 is 0 Å². The van der Waals surface area contributed by atoms with Crippen LogP contribution in [0.25, 0.3) is 0 Å². The molecular weight excluding hydrogens is 379 g/mol. The Morgan fingerprint density at radius 2 is 1.70 bits per heavy atom. The van der Waals surface area contributed by atoms with Gasteiger partial charge < -0.3 is 0 Å². The van der Waals surface area contributed by atoms with Crippen LogP contribution in [0.4, 0.5) is 0 Å². The molecule has 0 heterocycles. The van der Waals surface area contributed by atoms with Gasteiger partial charge in [-0.25, -0.2) is 0 Å². The van der Waals surface area contributed by atoms with Crippen LogP contribution in [0.1, 0.15) is 5.56 Å². The van der Waals surface area contributed by atoms with Gasteiger partial charge in [-0.1, -0.05) is 0 Å². The summed E-state index contributed by atoms with van der Waals surface area (Å²) in [6.45, 7) is 1.90. The summed E-state index contributed by atoms with van der Waals surface area (Å²) in [7, 11) is -2.25. The quantitative estimate of drug-likeness (QED) is 0.551. The first kappa shape index (κ1) is 17.7. The third kappa shape index (κ3) is 4.93. The predicted octanol–water partition coefficient (Wildman–Crippen LogP) is 1.76. The zero-order valence-electron chi connectivity index (χ0n) is 12.9. The molecule has 0 bridgehead atoms. The van der Waals surface area contributed by atoms with E-state index in [1.54, 1.807) is 24.3 Å². The Labute approximate surface area is 142 Å². The molecule has 122 valence electrons. The van der Waals surface area contributed by atoms with Crippen LogP contribution in [-0.2, 0) is 19.4 Å².